The van der Waals surface area contributed by atoms with Gasteiger partial charge in [-0.25, -0.2) is 23.1 Å². The summed E-state index contributed by atoms with van der Waals surface area (Å²) >= 11 is 0. The molecule has 124 valence electrons. The maximum absolute atomic E-state index is 12.6. The fraction of sp³-hybridized carbons (Fsp3) is 0.133. The van der Waals surface area contributed by atoms with E-state index in [1.165, 1.54) is 30.3 Å². The predicted molar refractivity (Wildman–Crippen MR) is 87.7 cm³/mol. The first-order valence-electron chi connectivity index (χ1n) is 6.99. The number of nitrogens with zero attached hydrogens (tertiary/aromatic N) is 4. The minimum atomic E-state index is -3.85. The van der Waals surface area contributed by atoms with Gasteiger partial charge in [0.2, 0.25) is 0 Å². The van der Waals surface area contributed by atoms with E-state index in [0.29, 0.717) is 5.82 Å². The third kappa shape index (κ3) is 3.20. The molecule has 0 aliphatic heterocycles. The molecule has 0 saturated carbocycles. The molecule has 3 aromatic rings. The summed E-state index contributed by atoms with van der Waals surface area (Å²) in [5.41, 5.74) is 0.897. The molecule has 2 heterocycles. The molecule has 1 N–H and O–H groups in total. The SMILES string of the molecule is COc1cc(C)ccc1S(=O)(=O)Nc1cc(-n2cccn2)ncn1. The number of rotatable bonds is 5. The largest absolute Gasteiger partial charge is 0.495 e. The van der Waals surface area contributed by atoms with Crippen molar-refractivity contribution >= 4 is 15.8 Å². The lowest BCUT2D eigenvalue weighted by molar-refractivity contribution is 0.402. The van der Waals surface area contributed by atoms with Crippen molar-refractivity contribution in [1.82, 2.24) is 19.7 Å². The van der Waals surface area contributed by atoms with Gasteiger partial charge in [0.1, 0.15) is 22.8 Å². The highest BCUT2D eigenvalue weighted by Gasteiger charge is 2.20. The molecule has 0 saturated heterocycles. The zero-order chi connectivity index (χ0) is 17.2. The molecule has 24 heavy (non-hydrogen) atoms. The summed E-state index contributed by atoms with van der Waals surface area (Å²) < 4.78 is 34.3. The van der Waals surface area contributed by atoms with Crippen LogP contribution in [0.2, 0.25) is 0 Å². The molecule has 0 atom stereocenters. The van der Waals surface area contributed by atoms with Crippen molar-refractivity contribution in [2.45, 2.75) is 11.8 Å². The van der Waals surface area contributed by atoms with Crippen LogP contribution in [0.1, 0.15) is 5.56 Å². The van der Waals surface area contributed by atoms with Crippen molar-refractivity contribution in [1.29, 1.82) is 0 Å². The van der Waals surface area contributed by atoms with Gasteiger partial charge in [-0.3, -0.25) is 4.72 Å². The number of aromatic nitrogens is 4. The maximum atomic E-state index is 12.6. The maximum Gasteiger partial charge on any atom is 0.266 e. The van der Waals surface area contributed by atoms with E-state index in [0.717, 1.165) is 5.56 Å². The van der Waals surface area contributed by atoms with E-state index in [-0.39, 0.29) is 16.5 Å². The Kier molecular flexibility index (Phi) is 4.17. The fourth-order valence-electron chi connectivity index (χ4n) is 2.12. The Morgan fingerprint density at radius 2 is 2.04 bits per heavy atom. The van der Waals surface area contributed by atoms with E-state index in [1.807, 2.05) is 6.92 Å². The number of ether oxygens (including phenoxy) is 1. The van der Waals surface area contributed by atoms with Crippen molar-refractivity contribution in [3.05, 3.63) is 54.6 Å². The second-order valence-electron chi connectivity index (χ2n) is 4.97. The zero-order valence-corrected chi connectivity index (χ0v) is 13.9. The normalized spacial score (nSPS) is 11.2. The number of aryl methyl sites for hydroxylation is 1. The molecule has 0 fully saturated rings. The van der Waals surface area contributed by atoms with Crippen LogP contribution < -0.4 is 9.46 Å². The first kappa shape index (κ1) is 15.9. The van der Waals surface area contributed by atoms with E-state index in [4.69, 9.17) is 4.74 Å². The van der Waals surface area contributed by atoms with Crippen LogP contribution in [-0.2, 0) is 10.0 Å². The Morgan fingerprint density at radius 1 is 1.21 bits per heavy atom. The molecule has 0 bridgehead atoms. The number of nitrogens with one attached hydrogen (secondary N) is 1. The summed E-state index contributed by atoms with van der Waals surface area (Å²) in [5.74, 6) is 0.852. The van der Waals surface area contributed by atoms with Gasteiger partial charge in [0, 0.05) is 18.5 Å². The molecule has 2 aromatic heterocycles. The van der Waals surface area contributed by atoms with Gasteiger partial charge in [-0.15, -0.1) is 0 Å². The summed E-state index contributed by atoms with van der Waals surface area (Å²) in [6.45, 7) is 1.85. The van der Waals surface area contributed by atoms with Crippen LogP contribution >= 0.6 is 0 Å². The minimum Gasteiger partial charge on any atom is -0.495 e. The lowest BCUT2D eigenvalue weighted by Crippen LogP contribution is -2.15. The molecule has 0 unspecified atom stereocenters. The number of hydrogen-bond acceptors (Lipinski definition) is 6. The summed E-state index contributed by atoms with van der Waals surface area (Å²) in [6, 6.07) is 8.08. The quantitative estimate of drug-likeness (QED) is 0.757. The van der Waals surface area contributed by atoms with Gasteiger partial charge in [-0.2, -0.15) is 5.10 Å². The van der Waals surface area contributed by atoms with E-state index in [1.54, 1.807) is 30.6 Å². The standard InChI is InChI=1S/C15H15N5O3S/c1-11-4-5-13(12(8-11)23-2)24(21,22)19-14-9-15(17-10-16-14)20-7-3-6-18-20/h3-10H,1-2H3,(H,16,17,19). The molecule has 0 amide bonds. The molecule has 0 aliphatic rings. The Labute approximate surface area is 139 Å². The molecule has 9 heteroatoms. The van der Waals surface area contributed by atoms with E-state index in [2.05, 4.69) is 19.8 Å². The Balaban J connectivity index is 1.94. The van der Waals surface area contributed by atoms with Gasteiger partial charge < -0.3 is 4.74 Å². The van der Waals surface area contributed by atoms with Gasteiger partial charge >= 0.3 is 0 Å². The molecule has 0 aliphatic carbocycles. The summed E-state index contributed by atoms with van der Waals surface area (Å²) in [7, 11) is -2.43. The second-order valence-corrected chi connectivity index (χ2v) is 6.62. The third-order valence-corrected chi connectivity index (χ3v) is 4.63. The number of hydrogen-bond donors (Lipinski definition) is 1. The highest BCUT2D eigenvalue weighted by molar-refractivity contribution is 7.92. The summed E-state index contributed by atoms with van der Waals surface area (Å²) in [4.78, 5) is 8.05. The molecule has 0 radical (unpaired) electrons. The fourth-order valence-corrected chi connectivity index (χ4v) is 3.27. The van der Waals surface area contributed by atoms with Crippen LogP contribution in [0, 0.1) is 6.92 Å². The average Bonchev–Trinajstić information content (AvgIpc) is 3.08. The summed E-state index contributed by atoms with van der Waals surface area (Å²) in [5, 5.41) is 4.05. The molecule has 8 nitrogen and oxygen atoms in total. The van der Waals surface area contributed by atoms with Crippen LogP contribution in [0.4, 0.5) is 5.82 Å². The van der Waals surface area contributed by atoms with Crippen LogP contribution in [0.3, 0.4) is 0 Å². The van der Waals surface area contributed by atoms with Crippen LogP contribution in [0.5, 0.6) is 5.75 Å². The second kappa shape index (κ2) is 6.28. The highest BCUT2D eigenvalue weighted by Crippen LogP contribution is 2.26. The third-order valence-electron chi connectivity index (χ3n) is 3.24. The topological polar surface area (TPSA) is 99.0 Å². The van der Waals surface area contributed by atoms with E-state index in [9.17, 15) is 8.42 Å². The van der Waals surface area contributed by atoms with Gasteiger partial charge in [0.05, 0.1) is 7.11 Å². The van der Waals surface area contributed by atoms with Crippen molar-refractivity contribution < 1.29 is 13.2 Å². The number of benzene rings is 1. The smallest absolute Gasteiger partial charge is 0.266 e. The van der Waals surface area contributed by atoms with Gasteiger partial charge in [0.25, 0.3) is 10.0 Å². The van der Waals surface area contributed by atoms with E-state index < -0.39 is 10.0 Å². The Hall–Kier alpha value is -2.94. The molecule has 3 rings (SSSR count). The van der Waals surface area contributed by atoms with E-state index >= 15 is 0 Å². The highest BCUT2D eigenvalue weighted by atomic mass is 32.2. The van der Waals surface area contributed by atoms with Gasteiger partial charge in [0.15, 0.2) is 5.82 Å². The van der Waals surface area contributed by atoms with Gasteiger partial charge in [-0.1, -0.05) is 6.07 Å². The molecular weight excluding hydrogens is 330 g/mol. The van der Waals surface area contributed by atoms with Crippen LogP contribution in [0.25, 0.3) is 5.82 Å². The molecular formula is C15H15N5O3S. The van der Waals surface area contributed by atoms with Crippen molar-refractivity contribution in [3.63, 3.8) is 0 Å². The lowest BCUT2D eigenvalue weighted by Gasteiger charge is -2.12. The predicted octanol–water partition coefficient (Wildman–Crippen LogP) is 1.78. The first-order chi connectivity index (χ1) is 11.5. The molecule has 1 aromatic carbocycles. The summed E-state index contributed by atoms with van der Waals surface area (Å²) in [6.07, 6.45) is 4.56. The molecule has 0 spiro atoms. The number of sulfonamides is 1. The average molecular weight is 345 g/mol. The van der Waals surface area contributed by atoms with Crippen LogP contribution in [0.15, 0.2) is 53.9 Å². The van der Waals surface area contributed by atoms with Crippen molar-refractivity contribution in [2.24, 2.45) is 0 Å². The monoisotopic (exact) mass is 345 g/mol. The van der Waals surface area contributed by atoms with Crippen LogP contribution in [-0.4, -0.2) is 35.3 Å². The van der Waals surface area contributed by atoms with Crippen molar-refractivity contribution in [2.75, 3.05) is 11.8 Å². The Bertz CT molecular complexity index is 955. The Morgan fingerprint density at radius 3 is 2.75 bits per heavy atom. The van der Waals surface area contributed by atoms with Crippen molar-refractivity contribution in [3.8, 4) is 11.6 Å². The number of anilines is 1. The lowest BCUT2D eigenvalue weighted by atomic mass is 10.2. The zero-order valence-electron chi connectivity index (χ0n) is 13.0. The number of methoxy groups -OCH3 is 1. The minimum absolute atomic E-state index is 0.0369. The first-order valence-corrected chi connectivity index (χ1v) is 8.47. The van der Waals surface area contributed by atoms with Gasteiger partial charge in [-0.05, 0) is 30.7 Å².